The average Bonchev–Trinajstić information content (AvgIpc) is 3.06. The van der Waals surface area contributed by atoms with E-state index >= 15 is 0 Å². The van der Waals surface area contributed by atoms with Gasteiger partial charge in [-0.3, -0.25) is 9.89 Å². The number of aromatic nitrogens is 4. The topological polar surface area (TPSA) is 87.9 Å². The lowest BCUT2D eigenvalue weighted by molar-refractivity contribution is -0.127. The maximum Gasteiger partial charge on any atom is 0.233 e. The minimum absolute atomic E-state index is 0.00384. The van der Waals surface area contributed by atoms with Crippen molar-refractivity contribution in [2.24, 2.45) is 0 Å². The van der Waals surface area contributed by atoms with Gasteiger partial charge in [0.2, 0.25) is 11.1 Å². The Morgan fingerprint density at radius 3 is 3.05 bits per heavy atom. The molecule has 2 heterocycles. The first-order valence-electron chi connectivity index (χ1n) is 5.86. The van der Waals surface area contributed by atoms with Gasteiger partial charge in [0.15, 0.2) is 0 Å². The molecule has 0 fully saturated rings. The number of nitrogens with zero attached hydrogens (tertiary/aromatic N) is 4. The van der Waals surface area contributed by atoms with Crippen molar-refractivity contribution in [2.45, 2.75) is 25.0 Å². The highest BCUT2D eigenvalue weighted by atomic mass is 32.2. The van der Waals surface area contributed by atoms with Crippen LogP contribution in [-0.4, -0.2) is 43.9 Å². The molecule has 2 aromatic rings. The van der Waals surface area contributed by atoms with Crippen molar-refractivity contribution in [3.63, 3.8) is 0 Å². The van der Waals surface area contributed by atoms with Crippen LogP contribution in [-0.2, 0) is 17.8 Å². The SMILES string of the molecule is CCc1nc(SCC(=O)N(C)Cc2ccon2)n[nH]1. The van der Waals surface area contributed by atoms with Crippen molar-refractivity contribution in [3.05, 3.63) is 23.8 Å². The van der Waals surface area contributed by atoms with E-state index in [9.17, 15) is 4.79 Å². The third-order valence-electron chi connectivity index (χ3n) is 2.49. The molecule has 0 spiro atoms. The van der Waals surface area contributed by atoms with Crippen LogP contribution in [0.4, 0.5) is 0 Å². The smallest absolute Gasteiger partial charge is 0.233 e. The third kappa shape index (κ3) is 3.82. The molecule has 0 saturated carbocycles. The molecule has 19 heavy (non-hydrogen) atoms. The molecule has 0 radical (unpaired) electrons. The van der Waals surface area contributed by atoms with Gasteiger partial charge < -0.3 is 9.42 Å². The zero-order chi connectivity index (χ0) is 13.7. The van der Waals surface area contributed by atoms with Gasteiger partial charge in [-0.15, -0.1) is 5.10 Å². The van der Waals surface area contributed by atoms with Gasteiger partial charge in [0, 0.05) is 19.5 Å². The van der Waals surface area contributed by atoms with Crippen molar-refractivity contribution in [3.8, 4) is 0 Å². The van der Waals surface area contributed by atoms with Crippen molar-refractivity contribution in [1.82, 2.24) is 25.2 Å². The molecule has 1 N–H and O–H groups in total. The van der Waals surface area contributed by atoms with Crippen LogP contribution in [0.25, 0.3) is 0 Å². The molecular weight excluding hydrogens is 266 g/mol. The Balaban J connectivity index is 1.80. The van der Waals surface area contributed by atoms with Gasteiger partial charge in [-0.1, -0.05) is 23.8 Å². The van der Waals surface area contributed by atoms with Gasteiger partial charge in [0.25, 0.3) is 0 Å². The van der Waals surface area contributed by atoms with Gasteiger partial charge in [-0.2, -0.15) is 0 Å². The molecule has 0 aromatic carbocycles. The Labute approximate surface area is 114 Å². The number of carbonyl (C=O) groups is 1. The van der Waals surface area contributed by atoms with E-state index in [2.05, 4.69) is 20.3 Å². The Kier molecular flexibility index (Phi) is 4.56. The van der Waals surface area contributed by atoms with Crippen LogP contribution >= 0.6 is 11.8 Å². The monoisotopic (exact) mass is 281 g/mol. The van der Waals surface area contributed by atoms with Crippen LogP contribution in [0.15, 0.2) is 22.0 Å². The van der Waals surface area contributed by atoms with E-state index in [1.54, 1.807) is 18.0 Å². The Hall–Kier alpha value is -1.83. The molecule has 0 aliphatic rings. The highest BCUT2D eigenvalue weighted by Gasteiger charge is 2.12. The first kappa shape index (κ1) is 13.6. The fourth-order valence-electron chi connectivity index (χ4n) is 1.39. The van der Waals surface area contributed by atoms with Crippen LogP contribution in [0.3, 0.4) is 0 Å². The van der Waals surface area contributed by atoms with Crippen LogP contribution < -0.4 is 0 Å². The minimum atomic E-state index is -0.00384. The number of carbonyl (C=O) groups excluding carboxylic acids is 1. The van der Waals surface area contributed by atoms with E-state index in [0.29, 0.717) is 17.5 Å². The van der Waals surface area contributed by atoms with Gasteiger partial charge in [-0.05, 0) is 0 Å². The molecule has 7 nitrogen and oxygen atoms in total. The molecule has 0 atom stereocenters. The molecule has 0 aliphatic heterocycles. The lowest BCUT2D eigenvalue weighted by atomic mass is 10.4. The van der Waals surface area contributed by atoms with Crippen LogP contribution in [0, 0.1) is 0 Å². The van der Waals surface area contributed by atoms with Crippen LogP contribution in [0.1, 0.15) is 18.4 Å². The van der Waals surface area contributed by atoms with Gasteiger partial charge in [0.1, 0.15) is 17.8 Å². The summed E-state index contributed by atoms with van der Waals surface area (Å²) in [6.07, 6.45) is 2.29. The number of rotatable bonds is 6. The number of amides is 1. The molecule has 0 saturated heterocycles. The summed E-state index contributed by atoms with van der Waals surface area (Å²) in [5, 5.41) is 11.2. The van der Waals surface area contributed by atoms with Crippen LogP contribution in [0.5, 0.6) is 0 Å². The molecule has 1 amide bonds. The van der Waals surface area contributed by atoms with Gasteiger partial charge in [-0.25, -0.2) is 4.98 Å². The van der Waals surface area contributed by atoms with Gasteiger partial charge in [0.05, 0.1) is 12.3 Å². The van der Waals surface area contributed by atoms with Crippen LogP contribution in [0.2, 0.25) is 0 Å². The molecule has 2 aromatic heterocycles. The standard InChI is InChI=1S/C11H15N5O2S/c1-3-9-12-11(14-13-9)19-7-10(17)16(2)6-8-4-5-18-15-8/h4-5H,3,6-7H2,1-2H3,(H,12,13,14). The van der Waals surface area contributed by atoms with E-state index in [1.165, 1.54) is 18.0 Å². The van der Waals surface area contributed by atoms with E-state index in [0.717, 1.165) is 17.9 Å². The molecule has 102 valence electrons. The molecule has 8 heteroatoms. The number of hydrogen-bond donors (Lipinski definition) is 1. The molecule has 0 aliphatic carbocycles. The minimum Gasteiger partial charge on any atom is -0.364 e. The predicted octanol–water partition coefficient (Wildman–Crippen LogP) is 1.11. The summed E-state index contributed by atoms with van der Waals surface area (Å²) in [5.41, 5.74) is 0.729. The first-order valence-corrected chi connectivity index (χ1v) is 6.85. The van der Waals surface area contributed by atoms with Crippen molar-refractivity contribution in [1.29, 1.82) is 0 Å². The lowest BCUT2D eigenvalue weighted by Crippen LogP contribution is -2.27. The normalized spacial score (nSPS) is 10.6. The zero-order valence-electron chi connectivity index (χ0n) is 10.8. The van der Waals surface area contributed by atoms with E-state index in [1.807, 2.05) is 6.92 Å². The summed E-state index contributed by atoms with van der Waals surface area (Å²) in [6, 6.07) is 1.74. The highest BCUT2D eigenvalue weighted by molar-refractivity contribution is 7.99. The second-order valence-electron chi connectivity index (χ2n) is 3.95. The number of nitrogens with one attached hydrogen (secondary N) is 1. The first-order chi connectivity index (χ1) is 9.19. The second-order valence-corrected chi connectivity index (χ2v) is 4.89. The largest absolute Gasteiger partial charge is 0.364 e. The summed E-state index contributed by atoms with van der Waals surface area (Å²) in [5.74, 6) is 1.12. The van der Waals surface area contributed by atoms with Gasteiger partial charge >= 0.3 is 0 Å². The number of aromatic amines is 1. The van der Waals surface area contributed by atoms with E-state index in [-0.39, 0.29) is 5.91 Å². The van der Waals surface area contributed by atoms with E-state index in [4.69, 9.17) is 4.52 Å². The zero-order valence-corrected chi connectivity index (χ0v) is 11.6. The summed E-state index contributed by atoms with van der Waals surface area (Å²) in [4.78, 5) is 17.7. The molecular formula is C11H15N5O2S. The molecule has 0 unspecified atom stereocenters. The van der Waals surface area contributed by atoms with Crippen molar-refractivity contribution >= 4 is 17.7 Å². The fraction of sp³-hybridized carbons (Fsp3) is 0.455. The second kappa shape index (κ2) is 6.37. The van der Waals surface area contributed by atoms with E-state index < -0.39 is 0 Å². The number of aryl methyl sites for hydroxylation is 1. The van der Waals surface area contributed by atoms with Crippen molar-refractivity contribution in [2.75, 3.05) is 12.8 Å². The maximum absolute atomic E-state index is 11.9. The molecule has 2 rings (SSSR count). The molecule has 0 bridgehead atoms. The fourth-order valence-corrected chi connectivity index (χ4v) is 2.15. The summed E-state index contributed by atoms with van der Waals surface area (Å²) >= 11 is 1.32. The summed E-state index contributed by atoms with van der Waals surface area (Å²) in [6.45, 7) is 2.43. The Morgan fingerprint density at radius 2 is 2.42 bits per heavy atom. The third-order valence-corrected chi connectivity index (χ3v) is 3.32. The lowest BCUT2D eigenvalue weighted by Gasteiger charge is -2.14. The average molecular weight is 281 g/mol. The number of hydrogen-bond acceptors (Lipinski definition) is 6. The predicted molar refractivity (Wildman–Crippen MR) is 69.5 cm³/mol. The summed E-state index contributed by atoms with van der Waals surface area (Å²) < 4.78 is 4.72. The maximum atomic E-state index is 11.9. The number of H-pyrrole nitrogens is 1. The number of thioether (sulfide) groups is 1. The summed E-state index contributed by atoms with van der Waals surface area (Å²) in [7, 11) is 1.73. The quantitative estimate of drug-likeness (QED) is 0.798. The highest BCUT2D eigenvalue weighted by Crippen LogP contribution is 2.13. The Morgan fingerprint density at radius 1 is 1.58 bits per heavy atom. The van der Waals surface area contributed by atoms with Crippen molar-refractivity contribution < 1.29 is 9.32 Å². The Bertz CT molecular complexity index is 525.